The van der Waals surface area contributed by atoms with E-state index in [1.165, 1.54) is 12.8 Å². The van der Waals surface area contributed by atoms with Gasteiger partial charge in [-0.25, -0.2) is 0 Å². The third-order valence-electron chi connectivity index (χ3n) is 7.36. The normalized spacial score (nSPS) is 31.7. The second-order valence-corrected chi connectivity index (χ2v) is 8.95. The molecule has 2 aromatic rings. The molecular weight excluding hydrogens is 366 g/mol. The Balaban J connectivity index is 1.12. The van der Waals surface area contributed by atoms with E-state index in [0.717, 1.165) is 43.2 Å². The van der Waals surface area contributed by atoms with E-state index in [-0.39, 0.29) is 11.7 Å². The number of ketones is 1. The Morgan fingerprint density at radius 1 is 1.14 bits per heavy atom. The van der Waals surface area contributed by atoms with Crippen molar-refractivity contribution in [3.05, 3.63) is 47.3 Å². The Bertz CT molecular complexity index is 993. The number of hydrogen-bond donors (Lipinski definition) is 3. The fourth-order valence-electron chi connectivity index (χ4n) is 5.75. The number of nitrogens with one attached hydrogen (secondary N) is 3. The number of fused-ring (bicyclic) bond motifs is 1. The third kappa shape index (κ3) is 2.65. The summed E-state index contributed by atoms with van der Waals surface area (Å²) < 4.78 is 6.19. The van der Waals surface area contributed by atoms with Gasteiger partial charge in [0, 0.05) is 47.9 Å². The molecule has 1 aliphatic heterocycles. The van der Waals surface area contributed by atoms with E-state index in [9.17, 15) is 9.59 Å². The van der Waals surface area contributed by atoms with Gasteiger partial charge in [0.1, 0.15) is 11.9 Å². The minimum absolute atomic E-state index is 0.0604. The zero-order chi connectivity index (χ0) is 19.6. The monoisotopic (exact) mass is 391 g/mol. The minimum Gasteiger partial charge on any atom is -0.490 e. The van der Waals surface area contributed by atoms with Crippen molar-refractivity contribution in [2.45, 2.75) is 62.6 Å². The molecule has 3 fully saturated rings. The van der Waals surface area contributed by atoms with Crippen molar-refractivity contribution in [3.8, 4) is 5.75 Å². The fraction of sp³-hybridized carbons (Fsp3) is 0.478. The van der Waals surface area contributed by atoms with Crippen LogP contribution in [0.4, 0.5) is 5.69 Å². The number of aryl methyl sites for hydroxylation is 1. The highest BCUT2D eigenvalue weighted by Gasteiger charge is 2.72. The van der Waals surface area contributed by atoms with Crippen molar-refractivity contribution < 1.29 is 14.3 Å². The Kier molecular flexibility index (Phi) is 3.69. The van der Waals surface area contributed by atoms with Crippen LogP contribution >= 0.6 is 0 Å². The number of H-pyrrole nitrogens is 1. The molecule has 4 atom stereocenters. The first-order valence-corrected chi connectivity index (χ1v) is 10.7. The molecule has 1 spiro atoms. The van der Waals surface area contributed by atoms with E-state index < -0.39 is 0 Å². The number of carbonyl (C=O) groups is 2. The van der Waals surface area contributed by atoms with Crippen molar-refractivity contribution in [2.75, 3.05) is 5.32 Å². The van der Waals surface area contributed by atoms with Crippen LogP contribution < -0.4 is 15.4 Å². The molecule has 6 rings (SSSR count). The molecule has 2 heterocycles. The number of ether oxygens (including phenoxy) is 1. The first kappa shape index (κ1) is 17.3. The zero-order valence-corrected chi connectivity index (χ0v) is 16.3. The maximum Gasteiger partial charge on any atom is 0.257 e. The van der Waals surface area contributed by atoms with E-state index in [1.54, 1.807) is 6.20 Å². The second-order valence-electron chi connectivity index (χ2n) is 8.95. The zero-order valence-electron chi connectivity index (χ0n) is 16.3. The summed E-state index contributed by atoms with van der Waals surface area (Å²) in [6.45, 7) is 0. The molecule has 1 saturated heterocycles. The van der Waals surface area contributed by atoms with Crippen molar-refractivity contribution in [1.82, 2.24) is 10.3 Å². The van der Waals surface area contributed by atoms with E-state index in [0.29, 0.717) is 40.8 Å². The van der Waals surface area contributed by atoms with E-state index in [2.05, 4.69) is 15.6 Å². The highest BCUT2D eigenvalue weighted by atomic mass is 16.5. The highest BCUT2D eigenvalue weighted by molar-refractivity contribution is 6.13. The van der Waals surface area contributed by atoms with Gasteiger partial charge in [-0.15, -0.1) is 0 Å². The van der Waals surface area contributed by atoms with Gasteiger partial charge in [0.15, 0.2) is 5.78 Å². The Morgan fingerprint density at radius 2 is 1.97 bits per heavy atom. The molecule has 150 valence electrons. The first-order chi connectivity index (χ1) is 14.1. The van der Waals surface area contributed by atoms with Crippen LogP contribution in [0.5, 0.6) is 5.75 Å². The van der Waals surface area contributed by atoms with Gasteiger partial charge in [-0.05, 0) is 56.4 Å². The topological polar surface area (TPSA) is 93.1 Å². The quantitative estimate of drug-likeness (QED) is 0.550. The maximum absolute atomic E-state index is 12.8. The van der Waals surface area contributed by atoms with Crippen LogP contribution in [0, 0.1) is 5.92 Å². The molecule has 1 amide bonds. The van der Waals surface area contributed by atoms with Crippen molar-refractivity contribution in [2.24, 2.45) is 5.92 Å². The molecule has 6 nitrogen and oxygen atoms in total. The summed E-state index contributed by atoms with van der Waals surface area (Å²) in [5.41, 5.74) is 3.01. The summed E-state index contributed by atoms with van der Waals surface area (Å²) in [4.78, 5) is 28.3. The number of anilines is 1. The first-order valence-electron chi connectivity index (χ1n) is 10.7. The van der Waals surface area contributed by atoms with Crippen molar-refractivity contribution in [3.63, 3.8) is 0 Å². The average Bonchev–Trinajstić information content (AvgIpc) is 3.23. The Labute approximate surface area is 169 Å². The smallest absolute Gasteiger partial charge is 0.257 e. The van der Waals surface area contributed by atoms with Crippen LogP contribution in [-0.4, -0.2) is 34.4 Å². The molecule has 1 aromatic heterocycles. The molecule has 2 saturated carbocycles. The number of aromatic amines is 1. The minimum atomic E-state index is -0.246. The highest BCUT2D eigenvalue weighted by Crippen LogP contribution is 2.60. The van der Waals surface area contributed by atoms with Gasteiger partial charge in [0.25, 0.3) is 5.91 Å². The number of benzene rings is 1. The molecule has 6 heteroatoms. The van der Waals surface area contributed by atoms with Crippen LogP contribution in [0.25, 0.3) is 0 Å². The molecule has 1 aromatic carbocycles. The van der Waals surface area contributed by atoms with Gasteiger partial charge in [0.05, 0.1) is 11.1 Å². The lowest BCUT2D eigenvalue weighted by Crippen LogP contribution is -2.52. The summed E-state index contributed by atoms with van der Waals surface area (Å²) in [6.07, 6.45) is 8.79. The molecule has 4 unspecified atom stereocenters. The van der Waals surface area contributed by atoms with Crippen LogP contribution in [0.15, 0.2) is 30.5 Å². The van der Waals surface area contributed by atoms with Crippen LogP contribution in [0.1, 0.15) is 64.9 Å². The van der Waals surface area contributed by atoms with Crippen LogP contribution in [0.3, 0.4) is 0 Å². The maximum atomic E-state index is 12.8. The number of piperidine rings is 1. The lowest BCUT2D eigenvalue weighted by atomic mass is 9.71. The molecule has 3 aliphatic carbocycles. The van der Waals surface area contributed by atoms with E-state index in [1.807, 2.05) is 24.3 Å². The van der Waals surface area contributed by atoms with Gasteiger partial charge in [-0.2, -0.15) is 0 Å². The van der Waals surface area contributed by atoms with E-state index >= 15 is 0 Å². The summed E-state index contributed by atoms with van der Waals surface area (Å²) >= 11 is 0. The standard InChI is InChI=1S/C23H25N3O3/c27-18-4-2-1-3-17-21(18)15(12-24-17)22(28)25-13-5-7-14(8-6-13)29-19-11-23-16(19)9-10-20(23)26-23/h5-8,12,16,19-20,24,26H,1-4,9-11H2,(H,25,28). The van der Waals surface area contributed by atoms with E-state index in [4.69, 9.17) is 4.74 Å². The lowest BCUT2D eigenvalue weighted by Gasteiger charge is -2.42. The lowest BCUT2D eigenvalue weighted by molar-refractivity contribution is 0.0158. The summed E-state index contributed by atoms with van der Waals surface area (Å²) in [7, 11) is 0. The predicted octanol–water partition coefficient (Wildman–Crippen LogP) is 3.45. The van der Waals surface area contributed by atoms with Crippen LogP contribution in [-0.2, 0) is 6.42 Å². The number of hydrogen-bond acceptors (Lipinski definition) is 4. The Morgan fingerprint density at radius 3 is 2.76 bits per heavy atom. The van der Waals surface area contributed by atoms with Gasteiger partial charge in [0.2, 0.25) is 0 Å². The fourth-order valence-corrected chi connectivity index (χ4v) is 5.75. The third-order valence-corrected chi connectivity index (χ3v) is 7.36. The summed E-state index contributed by atoms with van der Waals surface area (Å²) in [5, 5.41) is 6.53. The number of Topliss-reactive ketones (excluding diaryl/α,β-unsaturated/α-hetero) is 1. The van der Waals surface area contributed by atoms with Crippen molar-refractivity contribution >= 4 is 17.4 Å². The molecule has 0 radical (unpaired) electrons. The summed E-state index contributed by atoms with van der Waals surface area (Å²) in [5.74, 6) is 1.31. The molecule has 29 heavy (non-hydrogen) atoms. The largest absolute Gasteiger partial charge is 0.490 e. The molecule has 3 N–H and O–H groups in total. The van der Waals surface area contributed by atoms with Gasteiger partial charge in [-0.1, -0.05) is 0 Å². The number of rotatable bonds is 4. The van der Waals surface area contributed by atoms with Crippen LogP contribution in [0.2, 0.25) is 0 Å². The SMILES string of the molecule is O=C(Nc1ccc(OC2CC34NC3CCC24)cc1)c1c[nH]c2c1C(=O)CCCC2. The predicted molar refractivity (Wildman–Crippen MR) is 108 cm³/mol. The summed E-state index contributed by atoms with van der Waals surface area (Å²) in [6, 6.07) is 8.29. The van der Waals surface area contributed by atoms with Gasteiger partial charge in [-0.3, -0.25) is 9.59 Å². The molecule has 0 bridgehead atoms. The molecular formula is C23H25N3O3. The number of amides is 1. The Hall–Kier alpha value is -2.60. The number of aromatic nitrogens is 1. The number of carbonyl (C=O) groups excluding carboxylic acids is 2. The second kappa shape index (κ2) is 6.20. The molecule has 4 aliphatic rings. The van der Waals surface area contributed by atoms with Gasteiger partial charge < -0.3 is 20.4 Å². The average molecular weight is 391 g/mol. The van der Waals surface area contributed by atoms with Gasteiger partial charge >= 0.3 is 0 Å². The van der Waals surface area contributed by atoms with Crippen molar-refractivity contribution in [1.29, 1.82) is 0 Å².